The van der Waals surface area contributed by atoms with Crippen molar-refractivity contribution in [3.8, 4) is 0 Å². The molecule has 1 rings (SSSR count). The fourth-order valence-corrected chi connectivity index (χ4v) is 2.84. The smallest absolute Gasteiger partial charge is 0.0819 e. The highest BCUT2D eigenvalue weighted by Crippen LogP contribution is 2.37. The summed E-state index contributed by atoms with van der Waals surface area (Å²) in [7, 11) is 0. The molecule has 1 aliphatic rings. The molecule has 0 amide bonds. The molecule has 0 aliphatic carbocycles. The van der Waals surface area contributed by atoms with Gasteiger partial charge in [0, 0.05) is 6.21 Å². The highest BCUT2D eigenvalue weighted by atomic mass is 14.9. The van der Waals surface area contributed by atoms with Crippen molar-refractivity contribution in [1.82, 2.24) is 0 Å². The summed E-state index contributed by atoms with van der Waals surface area (Å²) < 4.78 is 0. The van der Waals surface area contributed by atoms with Gasteiger partial charge in [0.25, 0.3) is 0 Å². The Labute approximate surface area is 101 Å². The van der Waals surface area contributed by atoms with Crippen molar-refractivity contribution >= 4 is 6.21 Å². The van der Waals surface area contributed by atoms with Gasteiger partial charge in [-0.3, -0.25) is 4.99 Å². The number of allylic oxidation sites excluding steroid dienone is 1. The van der Waals surface area contributed by atoms with Gasteiger partial charge in [-0.15, -0.1) is 0 Å². The van der Waals surface area contributed by atoms with Crippen LogP contribution in [-0.4, -0.2) is 11.8 Å². The lowest BCUT2D eigenvalue weighted by Gasteiger charge is -2.33. The average molecular weight is 221 g/mol. The minimum atomic E-state index is 0.153. The summed E-state index contributed by atoms with van der Waals surface area (Å²) >= 11 is 0. The van der Waals surface area contributed by atoms with E-state index in [9.17, 15) is 0 Å². The lowest BCUT2D eigenvalue weighted by Crippen LogP contribution is -2.32. The van der Waals surface area contributed by atoms with E-state index >= 15 is 0 Å². The maximum absolute atomic E-state index is 4.79. The van der Waals surface area contributed by atoms with Crippen LogP contribution >= 0.6 is 0 Å². The zero-order valence-electron chi connectivity index (χ0n) is 11.2. The largest absolute Gasteiger partial charge is 0.282 e. The van der Waals surface area contributed by atoms with Crippen molar-refractivity contribution in [2.24, 2.45) is 10.9 Å². The number of rotatable bonds is 8. The molecule has 0 aromatic heterocycles. The van der Waals surface area contributed by atoms with Gasteiger partial charge in [0.15, 0.2) is 0 Å². The summed E-state index contributed by atoms with van der Waals surface area (Å²) in [6.07, 6.45) is 15.5. The molecular formula is C15H27N. The van der Waals surface area contributed by atoms with E-state index < -0.39 is 0 Å². The predicted molar refractivity (Wildman–Crippen MR) is 73.2 cm³/mol. The van der Waals surface area contributed by atoms with Gasteiger partial charge in [0.1, 0.15) is 0 Å². The van der Waals surface area contributed by atoms with Crippen molar-refractivity contribution in [2.45, 2.75) is 71.3 Å². The van der Waals surface area contributed by atoms with Crippen molar-refractivity contribution in [2.75, 3.05) is 0 Å². The molecule has 0 radical (unpaired) electrons. The second kappa shape index (κ2) is 6.88. The van der Waals surface area contributed by atoms with Crippen LogP contribution in [0.1, 0.15) is 65.7 Å². The van der Waals surface area contributed by atoms with E-state index in [0.717, 1.165) is 5.92 Å². The molecule has 92 valence electrons. The Hall–Kier alpha value is -0.590. The lowest BCUT2D eigenvalue weighted by atomic mass is 9.77. The van der Waals surface area contributed by atoms with Crippen LogP contribution in [0.5, 0.6) is 0 Å². The standard InChI is InChI=1S/C15H27N/c1-4-7-8-11-15(12-9-13-16-15)14(6-3)10-5-2/h9,12-14H,4-8,10-11H2,1-3H3. The summed E-state index contributed by atoms with van der Waals surface area (Å²) in [6.45, 7) is 6.86. The fraction of sp³-hybridized carbons (Fsp3) is 0.800. The van der Waals surface area contributed by atoms with Gasteiger partial charge >= 0.3 is 0 Å². The molecule has 0 spiro atoms. The second-order valence-corrected chi connectivity index (χ2v) is 4.98. The van der Waals surface area contributed by atoms with E-state index in [1.807, 2.05) is 6.21 Å². The molecule has 2 unspecified atom stereocenters. The van der Waals surface area contributed by atoms with Gasteiger partial charge in [-0.1, -0.05) is 59.0 Å². The topological polar surface area (TPSA) is 12.4 Å². The van der Waals surface area contributed by atoms with Crippen LogP contribution in [-0.2, 0) is 0 Å². The van der Waals surface area contributed by atoms with Gasteiger partial charge in [-0.25, -0.2) is 0 Å². The van der Waals surface area contributed by atoms with Gasteiger partial charge < -0.3 is 0 Å². The number of hydrogen-bond donors (Lipinski definition) is 0. The minimum Gasteiger partial charge on any atom is -0.282 e. The molecule has 0 bridgehead atoms. The zero-order chi connectivity index (χ0) is 11.9. The molecule has 0 aromatic carbocycles. The van der Waals surface area contributed by atoms with Crippen molar-refractivity contribution < 1.29 is 0 Å². The van der Waals surface area contributed by atoms with Crippen LogP contribution in [0, 0.1) is 5.92 Å². The summed E-state index contributed by atoms with van der Waals surface area (Å²) in [5.74, 6) is 0.740. The highest BCUT2D eigenvalue weighted by molar-refractivity contribution is 5.75. The fourth-order valence-electron chi connectivity index (χ4n) is 2.84. The molecule has 1 heterocycles. The molecule has 1 nitrogen and oxygen atoms in total. The minimum absolute atomic E-state index is 0.153. The SMILES string of the molecule is CCCCCC1(C(CC)CCC)C=CC=N1. The Morgan fingerprint density at radius 3 is 2.44 bits per heavy atom. The van der Waals surface area contributed by atoms with Crippen LogP contribution in [0.2, 0.25) is 0 Å². The van der Waals surface area contributed by atoms with Gasteiger partial charge in [-0.2, -0.15) is 0 Å². The summed E-state index contributed by atoms with van der Waals surface area (Å²) in [5, 5.41) is 0. The first-order valence-electron chi connectivity index (χ1n) is 7.02. The molecule has 1 heteroatoms. The lowest BCUT2D eigenvalue weighted by molar-refractivity contribution is 0.283. The van der Waals surface area contributed by atoms with E-state index in [-0.39, 0.29) is 5.54 Å². The molecule has 2 atom stereocenters. The van der Waals surface area contributed by atoms with E-state index in [4.69, 9.17) is 4.99 Å². The quantitative estimate of drug-likeness (QED) is 0.523. The number of aliphatic imine (C=N–C) groups is 1. The number of hydrogen-bond acceptors (Lipinski definition) is 1. The number of unbranched alkanes of at least 4 members (excludes halogenated alkanes) is 2. The third-order valence-corrected chi connectivity index (χ3v) is 3.80. The van der Waals surface area contributed by atoms with Crippen LogP contribution in [0.4, 0.5) is 0 Å². The first-order valence-corrected chi connectivity index (χ1v) is 7.02. The van der Waals surface area contributed by atoms with Crippen LogP contribution in [0.15, 0.2) is 17.1 Å². The molecule has 1 aliphatic heterocycles. The zero-order valence-corrected chi connectivity index (χ0v) is 11.2. The Kier molecular flexibility index (Phi) is 5.79. The van der Waals surface area contributed by atoms with Crippen LogP contribution < -0.4 is 0 Å². The summed E-state index contributed by atoms with van der Waals surface area (Å²) in [5.41, 5.74) is 0.153. The molecule has 0 saturated carbocycles. The number of nitrogens with zero attached hydrogens (tertiary/aromatic N) is 1. The third kappa shape index (κ3) is 3.20. The van der Waals surface area contributed by atoms with Crippen molar-refractivity contribution in [3.63, 3.8) is 0 Å². The molecule has 0 fully saturated rings. The monoisotopic (exact) mass is 221 g/mol. The van der Waals surface area contributed by atoms with Crippen molar-refractivity contribution in [1.29, 1.82) is 0 Å². The highest BCUT2D eigenvalue weighted by Gasteiger charge is 2.34. The predicted octanol–water partition coefficient (Wildman–Crippen LogP) is 4.77. The summed E-state index contributed by atoms with van der Waals surface area (Å²) in [6, 6.07) is 0. The maximum Gasteiger partial charge on any atom is 0.0819 e. The Morgan fingerprint density at radius 1 is 1.12 bits per heavy atom. The molecule has 0 saturated heterocycles. The van der Waals surface area contributed by atoms with Crippen LogP contribution in [0.25, 0.3) is 0 Å². The van der Waals surface area contributed by atoms with Crippen LogP contribution in [0.3, 0.4) is 0 Å². The molecule has 16 heavy (non-hydrogen) atoms. The first-order chi connectivity index (χ1) is 7.79. The van der Waals surface area contributed by atoms with Gasteiger partial charge in [0.05, 0.1) is 5.54 Å². The van der Waals surface area contributed by atoms with Crippen molar-refractivity contribution in [3.05, 3.63) is 12.2 Å². The Morgan fingerprint density at radius 2 is 1.94 bits per heavy atom. The summed E-state index contributed by atoms with van der Waals surface area (Å²) in [4.78, 5) is 4.79. The maximum atomic E-state index is 4.79. The average Bonchev–Trinajstić information content (AvgIpc) is 2.76. The molecular weight excluding hydrogens is 194 g/mol. The Balaban J connectivity index is 2.63. The van der Waals surface area contributed by atoms with E-state index in [1.165, 1.54) is 44.9 Å². The Bertz CT molecular complexity index is 228. The molecule has 0 aromatic rings. The van der Waals surface area contributed by atoms with E-state index in [0.29, 0.717) is 0 Å². The first kappa shape index (κ1) is 13.5. The third-order valence-electron chi connectivity index (χ3n) is 3.80. The normalized spacial score (nSPS) is 25.2. The van der Waals surface area contributed by atoms with Gasteiger partial charge in [0.2, 0.25) is 0 Å². The van der Waals surface area contributed by atoms with E-state index in [1.54, 1.807) is 0 Å². The molecule has 0 N–H and O–H groups in total. The van der Waals surface area contributed by atoms with Gasteiger partial charge in [-0.05, 0) is 24.8 Å². The second-order valence-electron chi connectivity index (χ2n) is 4.98. The van der Waals surface area contributed by atoms with E-state index in [2.05, 4.69) is 32.9 Å².